The predicted molar refractivity (Wildman–Crippen MR) is 78.4 cm³/mol. The first-order valence-electron chi connectivity index (χ1n) is 7.69. The number of amides is 1. The molecule has 23 heavy (non-hydrogen) atoms. The highest BCUT2D eigenvalue weighted by Gasteiger charge is 2.27. The lowest BCUT2D eigenvalue weighted by molar-refractivity contribution is -0.139. The molecule has 1 saturated heterocycles. The summed E-state index contributed by atoms with van der Waals surface area (Å²) in [4.78, 5) is 22.5. The average molecular weight is 320 g/mol. The molecule has 9 nitrogen and oxygen atoms in total. The lowest BCUT2D eigenvalue weighted by Gasteiger charge is -2.31. The SMILES string of the molecule is Cc1noc(CCCC(=O)N2CCO[C@H](c3n[nH]c(C)n3)C2)n1. The van der Waals surface area contributed by atoms with Crippen LogP contribution in [0.15, 0.2) is 4.52 Å². The molecule has 1 fully saturated rings. The van der Waals surface area contributed by atoms with E-state index in [0.29, 0.717) is 56.5 Å². The number of aromatic amines is 1. The van der Waals surface area contributed by atoms with Gasteiger partial charge in [0.15, 0.2) is 11.6 Å². The van der Waals surface area contributed by atoms with Crippen molar-refractivity contribution in [2.24, 2.45) is 0 Å². The van der Waals surface area contributed by atoms with E-state index in [0.717, 1.165) is 5.82 Å². The van der Waals surface area contributed by atoms with Gasteiger partial charge in [0.2, 0.25) is 11.8 Å². The molecule has 0 radical (unpaired) electrons. The van der Waals surface area contributed by atoms with Crippen LogP contribution in [0.25, 0.3) is 0 Å². The van der Waals surface area contributed by atoms with Gasteiger partial charge in [0.05, 0.1) is 13.2 Å². The van der Waals surface area contributed by atoms with Gasteiger partial charge >= 0.3 is 0 Å². The maximum absolute atomic E-state index is 12.3. The Bertz CT molecular complexity index is 667. The summed E-state index contributed by atoms with van der Waals surface area (Å²) < 4.78 is 10.7. The highest BCUT2D eigenvalue weighted by atomic mass is 16.5. The van der Waals surface area contributed by atoms with Crippen molar-refractivity contribution in [3.63, 3.8) is 0 Å². The Hall–Kier alpha value is -2.29. The highest BCUT2D eigenvalue weighted by Crippen LogP contribution is 2.20. The van der Waals surface area contributed by atoms with Crippen molar-refractivity contribution in [1.82, 2.24) is 30.2 Å². The fraction of sp³-hybridized carbons (Fsp3) is 0.643. The number of carbonyl (C=O) groups excluding carboxylic acids is 1. The van der Waals surface area contributed by atoms with Crippen LogP contribution < -0.4 is 0 Å². The van der Waals surface area contributed by atoms with Crippen LogP contribution in [0.3, 0.4) is 0 Å². The largest absolute Gasteiger partial charge is 0.366 e. The number of aryl methyl sites for hydroxylation is 3. The van der Waals surface area contributed by atoms with Crippen molar-refractivity contribution in [3.8, 4) is 0 Å². The Kier molecular flexibility index (Phi) is 4.65. The molecule has 0 unspecified atom stereocenters. The van der Waals surface area contributed by atoms with Crippen molar-refractivity contribution >= 4 is 5.91 Å². The summed E-state index contributed by atoms with van der Waals surface area (Å²) in [7, 11) is 0. The molecule has 0 aliphatic carbocycles. The molecule has 2 aromatic rings. The number of aromatic nitrogens is 5. The Balaban J connectivity index is 1.48. The number of ether oxygens (including phenoxy) is 1. The van der Waals surface area contributed by atoms with Gasteiger partial charge in [-0.25, -0.2) is 4.98 Å². The van der Waals surface area contributed by atoms with Crippen molar-refractivity contribution in [3.05, 3.63) is 23.4 Å². The Morgan fingerprint density at radius 2 is 2.26 bits per heavy atom. The summed E-state index contributed by atoms with van der Waals surface area (Å²) >= 11 is 0. The number of hydrogen-bond acceptors (Lipinski definition) is 7. The molecule has 1 atom stereocenters. The number of hydrogen-bond donors (Lipinski definition) is 1. The lowest BCUT2D eigenvalue weighted by Crippen LogP contribution is -2.42. The molecule has 1 aliphatic rings. The van der Waals surface area contributed by atoms with Crippen LogP contribution in [-0.2, 0) is 16.0 Å². The second-order valence-electron chi connectivity index (χ2n) is 5.57. The van der Waals surface area contributed by atoms with E-state index >= 15 is 0 Å². The normalized spacial score (nSPS) is 18.3. The Labute approximate surface area is 133 Å². The molecule has 3 rings (SSSR count). The van der Waals surface area contributed by atoms with Gasteiger partial charge in [0.1, 0.15) is 11.9 Å². The van der Waals surface area contributed by atoms with E-state index in [1.54, 1.807) is 11.8 Å². The zero-order valence-corrected chi connectivity index (χ0v) is 13.3. The van der Waals surface area contributed by atoms with Crippen LogP contribution in [-0.4, -0.2) is 55.8 Å². The standard InChI is InChI=1S/C14H20N6O3/c1-9-16-14(18-17-9)11-8-20(6-7-22-11)13(21)5-3-4-12-15-10(2)19-23-12/h11H,3-8H2,1-2H3,(H,16,17,18)/t11-/m0/s1. The molecule has 2 aromatic heterocycles. The zero-order valence-electron chi connectivity index (χ0n) is 13.3. The van der Waals surface area contributed by atoms with E-state index in [-0.39, 0.29) is 12.0 Å². The van der Waals surface area contributed by atoms with Gasteiger partial charge in [-0.2, -0.15) is 10.1 Å². The summed E-state index contributed by atoms with van der Waals surface area (Å²) in [5, 5.41) is 10.6. The lowest BCUT2D eigenvalue weighted by atomic mass is 10.2. The van der Waals surface area contributed by atoms with E-state index in [2.05, 4.69) is 25.3 Å². The molecule has 3 heterocycles. The quantitative estimate of drug-likeness (QED) is 0.864. The van der Waals surface area contributed by atoms with E-state index in [1.165, 1.54) is 0 Å². The number of carbonyl (C=O) groups is 1. The summed E-state index contributed by atoms with van der Waals surface area (Å²) in [5.74, 6) is 2.63. The monoisotopic (exact) mass is 320 g/mol. The maximum atomic E-state index is 12.3. The van der Waals surface area contributed by atoms with E-state index < -0.39 is 0 Å². The fourth-order valence-corrected chi connectivity index (χ4v) is 2.53. The number of H-pyrrole nitrogens is 1. The topological polar surface area (TPSA) is 110 Å². The minimum Gasteiger partial charge on any atom is -0.366 e. The minimum atomic E-state index is -0.267. The second kappa shape index (κ2) is 6.86. The van der Waals surface area contributed by atoms with Crippen molar-refractivity contribution in [2.45, 2.75) is 39.2 Å². The maximum Gasteiger partial charge on any atom is 0.226 e. The molecular weight excluding hydrogens is 300 g/mol. The Morgan fingerprint density at radius 1 is 1.39 bits per heavy atom. The molecule has 9 heteroatoms. The van der Waals surface area contributed by atoms with Crippen molar-refractivity contribution in [1.29, 1.82) is 0 Å². The average Bonchev–Trinajstić information content (AvgIpc) is 3.16. The summed E-state index contributed by atoms with van der Waals surface area (Å²) in [6, 6.07) is 0. The van der Waals surface area contributed by atoms with Gasteiger partial charge in [-0.15, -0.1) is 0 Å². The first kappa shape index (κ1) is 15.6. The number of nitrogens with one attached hydrogen (secondary N) is 1. The number of nitrogens with zero attached hydrogens (tertiary/aromatic N) is 5. The second-order valence-corrected chi connectivity index (χ2v) is 5.57. The zero-order chi connectivity index (χ0) is 16.2. The van der Waals surface area contributed by atoms with E-state index in [1.807, 2.05) is 6.92 Å². The third kappa shape index (κ3) is 3.92. The van der Waals surface area contributed by atoms with Crippen LogP contribution in [0.4, 0.5) is 0 Å². The van der Waals surface area contributed by atoms with Gasteiger partial charge < -0.3 is 14.2 Å². The van der Waals surface area contributed by atoms with Crippen LogP contribution in [0.1, 0.15) is 42.3 Å². The van der Waals surface area contributed by atoms with Crippen LogP contribution >= 0.6 is 0 Å². The first-order valence-corrected chi connectivity index (χ1v) is 7.69. The molecule has 0 aromatic carbocycles. The van der Waals surface area contributed by atoms with Gasteiger partial charge in [0.25, 0.3) is 0 Å². The molecule has 0 saturated carbocycles. The van der Waals surface area contributed by atoms with Gasteiger partial charge in [-0.3, -0.25) is 9.89 Å². The molecular formula is C14H20N6O3. The first-order chi connectivity index (χ1) is 11.1. The number of morpholine rings is 1. The molecule has 0 bridgehead atoms. The van der Waals surface area contributed by atoms with Gasteiger partial charge in [0, 0.05) is 19.4 Å². The Morgan fingerprint density at radius 3 is 2.96 bits per heavy atom. The third-order valence-electron chi connectivity index (χ3n) is 3.67. The molecule has 124 valence electrons. The van der Waals surface area contributed by atoms with E-state index in [4.69, 9.17) is 9.26 Å². The molecule has 0 spiro atoms. The van der Waals surface area contributed by atoms with Crippen LogP contribution in [0.5, 0.6) is 0 Å². The van der Waals surface area contributed by atoms with E-state index in [9.17, 15) is 4.79 Å². The van der Waals surface area contributed by atoms with Crippen molar-refractivity contribution < 1.29 is 14.1 Å². The predicted octanol–water partition coefficient (Wildman–Crippen LogP) is 0.727. The highest BCUT2D eigenvalue weighted by molar-refractivity contribution is 5.76. The van der Waals surface area contributed by atoms with Gasteiger partial charge in [-0.1, -0.05) is 5.16 Å². The molecule has 1 amide bonds. The minimum absolute atomic E-state index is 0.0989. The van der Waals surface area contributed by atoms with Crippen LogP contribution in [0, 0.1) is 13.8 Å². The molecule has 1 N–H and O–H groups in total. The summed E-state index contributed by atoms with van der Waals surface area (Å²) in [5.41, 5.74) is 0. The molecule has 1 aliphatic heterocycles. The summed E-state index contributed by atoms with van der Waals surface area (Å²) in [6.45, 7) is 5.18. The smallest absolute Gasteiger partial charge is 0.226 e. The van der Waals surface area contributed by atoms with Crippen LogP contribution in [0.2, 0.25) is 0 Å². The summed E-state index contributed by atoms with van der Waals surface area (Å²) in [6.07, 6.45) is 1.47. The van der Waals surface area contributed by atoms with Gasteiger partial charge in [-0.05, 0) is 20.3 Å². The fourth-order valence-electron chi connectivity index (χ4n) is 2.53. The van der Waals surface area contributed by atoms with Crippen molar-refractivity contribution in [2.75, 3.05) is 19.7 Å². The third-order valence-corrected chi connectivity index (χ3v) is 3.67. The number of rotatable bonds is 5.